The Kier molecular flexibility index (Phi) is 3.67. The van der Waals surface area contributed by atoms with Crippen LogP contribution in [0.3, 0.4) is 0 Å². The van der Waals surface area contributed by atoms with E-state index in [-0.39, 0.29) is 5.54 Å². The van der Waals surface area contributed by atoms with Gasteiger partial charge in [0.05, 0.1) is 6.61 Å². The highest BCUT2D eigenvalue weighted by Gasteiger charge is 2.13. The summed E-state index contributed by atoms with van der Waals surface area (Å²) < 4.78 is 5.35. The van der Waals surface area contributed by atoms with Gasteiger partial charge in [0, 0.05) is 12.1 Å². The Morgan fingerprint density at radius 2 is 2.07 bits per heavy atom. The second-order valence-corrected chi connectivity index (χ2v) is 4.06. The van der Waals surface area contributed by atoms with Crippen LogP contribution in [0.1, 0.15) is 31.9 Å². The molecule has 2 N–H and O–H groups in total. The highest BCUT2D eigenvalue weighted by atomic mass is 16.5. The number of nitrogens with two attached hydrogens (primary N) is 1. The first kappa shape index (κ1) is 11.2. The number of benzene rings is 1. The molecule has 1 rings (SSSR count). The lowest BCUT2D eigenvalue weighted by Gasteiger charge is -2.19. The molecule has 0 radical (unpaired) electrons. The fourth-order valence-corrected chi connectivity index (χ4v) is 1.28. The summed E-state index contributed by atoms with van der Waals surface area (Å²) in [7, 11) is 0. The van der Waals surface area contributed by atoms with Crippen LogP contribution in [0.15, 0.2) is 24.3 Å². The van der Waals surface area contributed by atoms with Crippen LogP contribution in [0.4, 0.5) is 0 Å². The molecule has 0 atom stereocenters. The Hall–Kier alpha value is -0.860. The van der Waals surface area contributed by atoms with Crippen molar-refractivity contribution in [3.8, 4) is 0 Å². The number of ether oxygens (including phenoxy) is 1. The zero-order valence-electron chi connectivity index (χ0n) is 9.21. The molecule has 14 heavy (non-hydrogen) atoms. The van der Waals surface area contributed by atoms with Gasteiger partial charge in [0.15, 0.2) is 0 Å². The molecule has 0 aliphatic heterocycles. The van der Waals surface area contributed by atoms with Gasteiger partial charge in [-0.25, -0.2) is 0 Å². The maximum atomic E-state index is 6.01. The lowest BCUT2D eigenvalue weighted by atomic mass is 9.94. The first-order valence-corrected chi connectivity index (χ1v) is 5.00. The van der Waals surface area contributed by atoms with Gasteiger partial charge in [-0.15, -0.1) is 0 Å². The molecule has 0 aliphatic carbocycles. The molecule has 0 saturated carbocycles. The molecule has 0 aliphatic rings. The first-order chi connectivity index (χ1) is 6.54. The van der Waals surface area contributed by atoms with Crippen LogP contribution in [0.2, 0.25) is 0 Å². The Morgan fingerprint density at radius 3 is 2.64 bits per heavy atom. The van der Waals surface area contributed by atoms with Crippen molar-refractivity contribution in [3.05, 3.63) is 35.4 Å². The Labute approximate surface area is 86.1 Å². The van der Waals surface area contributed by atoms with E-state index >= 15 is 0 Å². The normalized spacial score (nSPS) is 11.7. The van der Waals surface area contributed by atoms with E-state index < -0.39 is 0 Å². The summed E-state index contributed by atoms with van der Waals surface area (Å²) in [5.41, 5.74) is 8.07. The molecule has 0 aromatic heterocycles. The van der Waals surface area contributed by atoms with Crippen LogP contribution in [0.5, 0.6) is 0 Å². The lowest BCUT2D eigenvalue weighted by Crippen LogP contribution is -2.28. The van der Waals surface area contributed by atoms with E-state index in [0.29, 0.717) is 6.61 Å². The summed E-state index contributed by atoms with van der Waals surface area (Å²) in [6.45, 7) is 7.42. The summed E-state index contributed by atoms with van der Waals surface area (Å²) in [4.78, 5) is 0. The van der Waals surface area contributed by atoms with E-state index in [4.69, 9.17) is 10.5 Å². The summed E-state index contributed by atoms with van der Waals surface area (Å²) >= 11 is 0. The van der Waals surface area contributed by atoms with Crippen molar-refractivity contribution in [1.82, 2.24) is 0 Å². The van der Waals surface area contributed by atoms with E-state index in [2.05, 4.69) is 18.2 Å². The minimum atomic E-state index is -0.276. The number of hydrogen-bond donors (Lipinski definition) is 1. The Balaban J connectivity index is 2.79. The van der Waals surface area contributed by atoms with Crippen molar-refractivity contribution in [3.63, 3.8) is 0 Å². The Morgan fingerprint density at radius 1 is 1.36 bits per heavy atom. The third-order valence-electron chi connectivity index (χ3n) is 2.14. The fraction of sp³-hybridized carbons (Fsp3) is 0.500. The molecular weight excluding hydrogens is 174 g/mol. The van der Waals surface area contributed by atoms with E-state index in [1.807, 2.05) is 26.8 Å². The highest BCUT2D eigenvalue weighted by Crippen LogP contribution is 2.18. The summed E-state index contributed by atoms with van der Waals surface area (Å²) in [5, 5.41) is 0. The van der Waals surface area contributed by atoms with Gasteiger partial charge in [0.2, 0.25) is 0 Å². The van der Waals surface area contributed by atoms with Crippen molar-refractivity contribution in [2.45, 2.75) is 32.9 Å². The molecule has 0 bridgehead atoms. The van der Waals surface area contributed by atoms with Gasteiger partial charge in [-0.1, -0.05) is 24.3 Å². The van der Waals surface area contributed by atoms with Crippen LogP contribution in [-0.2, 0) is 16.9 Å². The first-order valence-electron chi connectivity index (χ1n) is 5.00. The van der Waals surface area contributed by atoms with Crippen molar-refractivity contribution in [1.29, 1.82) is 0 Å². The third kappa shape index (κ3) is 3.13. The van der Waals surface area contributed by atoms with Crippen LogP contribution < -0.4 is 5.73 Å². The monoisotopic (exact) mass is 193 g/mol. The predicted molar refractivity (Wildman–Crippen MR) is 59.0 cm³/mol. The highest BCUT2D eigenvalue weighted by molar-refractivity contribution is 5.27. The molecule has 2 heteroatoms. The second-order valence-electron chi connectivity index (χ2n) is 4.06. The van der Waals surface area contributed by atoms with Gasteiger partial charge < -0.3 is 10.5 Å². The van der Waals surface area contributed by atoms with Gasteiger partial charge >= 0.3 is 0 Å². The molecule has 2 nitrogen and oxygen atoms in total. The fourth-order valence-electron chi connectivity index (χ4n) is 1.28. The SMILES string of the molecule is CCOCc1cccc(C(C)(C)N)c1. The minimum absolute atomic E-state index is 0.276. The molecule has 1 aromatic rings. The largest absolute Gasteiger partial charge is 0.377 e. The topological polar surface area (TPSA) is 35.2 Å². The standard InChI is InChI=1S/C12H19NO/c1-4-14-9-10-6-5-7-11(8-10)12(2,3)13/h5-8H,4,9,13H2,1-3H3. The van der Waals surface area contributed by atoms with Gasteiger partial charge in [-0.2, -0.15) is 0 Å². The maximum Gasteiger partial charge on any atom is 0.0716 e. The number of hydrogen-bond acceptors (Lipinski definition) is 2. The molecule has 0 saturated heterocycles. The molecule has 0 unspecified atom stereocenters. The van der Waals surface area contributed by atoms with E-state index in [0.717, 1.165) is 12.2 Å². The zero-order chi connectivity index (χ0) is 10.6. The second kappa shape index (κ2) is 4.58. The third-order valence-corrected chi connectivity index (χ3v) is 2.14. The summed E-state index contributed by atoms with van der Waals surface area (Å²) in [6.07, 6.45) is 0. The molecule has 1 aromatic carbocycles. The summed E-state index contributed by atoms with van der Waals surface area (Å²) in [6, 6.07) is 8.24. The molecule has 0 heterocycles. The van der Waals surface area contributed by atoms with Crippen molar-refractivity contribution in [2.75, 3.05) is 6.61 Å². The maximum absolute atomic E-state index is 6.01. The molecule has 0 fully saturated rings. The van der Waals surface area contributed by atoms with E-state index in [1.54, 1.807) is 0 Å². The van der Waals surface area contributed by atoms with Crippen LogP contribution in [0, 0.1) is 0 Å². The van der Waals surface area contributed by atoms with E-state index in [1.165, 1.54) is 5.56 Å². The lowest BCUT2D eigenvalue weighted by molar-refractivity contribution is 0.134. The Bertz CT molecular complexity index is 289. The van der Waals surface area contributed by atoms with Gasteiger partial charge in [0.1, 0.15) is 0 Å². The van der Waals surface area contributed by atoms with Gasteiger partial charge in [-0.3, -0.25) is 0 Å². The average Bonchev–Trinajstić information content (AvgIpc) is 2.14. The number of rotatable bonds is 4. The molecule has 0 amide bonds. The smallest absolute Gasteiger partial charge is 0.0716 e. The van der Waals surface area contributed by atoms with Crippen molar-refractivity contribution < 1.29 is 4.74 Å². The summed E-state index contributed by atoms with van der Waals surface area (Å²) in [5.74, 6) is 0. The van der Waals surface area contributed by atoms with Gasteiger partial charge in [0.25, 0.3) is 0 Å². The van der Waals surface area contributed by atoms with Crippen LogP contribution >= 0.6 is 0 Å². The predicted octanol–water partition coefficient (Wildman–Crippen LogP) is 2.42. The zero-order valence-corrected chi connectivity index (χ0v) is 9.21. The minimum Gasteiger partial charge on any atom is -0.377 e. The van der Waals surface area contributed by atoms with Gasteiger partial charge in [-0.05, 0) is 31.9 Å². The quantitative estimate of drug-likeness (QED) is 0.797. The average molecular weight is 193 g/mol. The molecular formula is C12H19NO. The van der Waals surface area contributed by atoms with Crippen molar-refractivity contribution >= 4 is 0 Å². The van der Waals surface area contributed by atoms with E-state index in [9.17, 15) is 0 Å². The van der Waals surface area contributed by atoms with Crippen molar-refractivity contribution in [2.24, 2.45) is 5.73 Å². The van der Waals surface area contributed by atoms with Crippen LogP contribution in [0.25, 0.3) is 0 Å². The van der Waals surface area contributed by atoms with Crippen LogP contribution in [-0.4, -0.2) is 6.61 Å². The molecule has 78 valence electrons. The molecule has 0 spiro atoms.